The van der Waals surface area contributed by atoms with Crippen LogP contribution >= 0.6 is 12.6 Å². The van der Waals surface area contributed by atoms with Crippen molar-refractivity contribution in [1.29, 1.82) is 0 Å². The largest absolute Gasteiger partial charge is 0.496 e. The molecule has 1 unspecified atom stereocenters. The molecule has 0 spiro atoms. The van der Waals surface area contributed by atoms with E-state index in [2.05, 4.69) is 24.5 Å². The van der Waals surface area contributed by atoms with Crippen molar-refractivity contribution in [2.75, 3.05) is 20.3 Å². The van der Waals surface area contributed by atoms with Crippen LogP contribution in [-0.4, -0.2) is 59.0 Å². The van der Waals surface area contributed by atoms with Gasteiger partial charge in [-0.15, -0.1) is 12.6 Å². The van der Waals surface area contributed by atoms with E-state index in [1.54, 1.807) is 0 Å². The molecular formula is C19H27FN2O6S. The molecule has 0 aromatic heterocycles. The number of aliphatic hydroxyl groups is 1. The molecule has 1 rings (SSSR count). The number of amides is 2. The topological polar surface area (TPSA) is 108 Å². The second kappa shape index (κ2) is 10.5. The van der Waals surface area contributed by atoms with Crippen LogP contribution < -0.4 is 10.1 Å². The quantitative estimate of drug-likeness (QED) is 0.425. The Hall–Kier alpha value is -2.30. The molecule has 162 valence electrons. The first-order valence-corrected chi connectivity index (χ1v) is 9.17. The summed E-state index contributed by atoms with van der Waals surface area (Å²) in [5, 5.41) is 21.2. The molecule has 0 bridgehead atoms. The van der Waals surface area contributed by atoms with E-state index in [0.717, 1.165) is 4.90 Å². The van der Waals surface area contributed by atoms with Gasteiger partial charge in [-0.05, 0) is 39.0 Å². The molecule has 0 saturated carbocycles. The highest BCUT2D eigenvalue weighted by atomic mass is 32.1. The minimum Gasteiger partial charge on any atom is -0.496 e. The predicted octanol–water partition coefficient (Wildman–Crippen LogP) is 2.55. The van der Waals surface area contributed by atoms with Gasteiger partial charge >= 0.3 is 12.0 Å². The molecule has 0 heterocycles. The van der Waals surface area contributed by atoms with Crippen LogP contribution in [0.2, 0.25) is 0 Å². The fraction of sp³-hybridized carbons (Fsp3) is 0.474. The number of aliphatic hydroxyl groups excluding tert-OH is 1. The lowest BCUT2D eigenvalue weighted by Gasteiger charge is -2.31. The normalized spacial score (nSPS) is 13.3. The molecule has 2 amide bonds. The number of rotatable bonds is 10. The molecule has 1 aromatic carbocycles. The average molecular weight is 430 g/mol. The molecule has 2 atom stereocenters. The number of methoxy groups -OCH3 is 1. The predicted molar refractivity (Wildman–Crippen MR) is 108 cm³/mol. The maximum atomic E-state index is 13.9. The molecule has 0 aliphatic rings. The molecule has 29 heavy (non-hydrogen) atoms. The number of nitrogens with one attached hydrogen (secondary N) is 1. The van der Waals surface area contributed by atoms with Gasteiger partial charge in [0.05, 0.1) is 31.4 Å². The molecule has 0 aliphatic carbocycles. The fourth-order valence-electron chi connectivity index (χ4n) is 2.31. The number of carboxylic acid groups (broad SMARTS) is 1. The van der Waals surface area contributed by atoms with Gasteiger partial charge in [0.2, 0.25) is 0 Å². The Morgan fingerprint density at radius 2 is 2.03 bits per heavy atom. The summed E-state index contributed by atoms with van der Waals surface area (Å²) in [5.74, 6) is -1.46. The number of urea groups is 1. The maximum absolute atomic E-state index is 13.9. The van der Waals surface area contributed by atoms with Crippen LogP contribution in [0.5, 0.6) is 5.75 Å². The van der Waals surface area contributed by atoms with E-state index < -0.39 is 35.6 Å². The number of hydrogen-bond donors (Lipinski definition) is 4. The zero-order valence-electron chi connectivity index (χ0n) is 16.8. The number of benzene rings is 1. The third-order valence-electron chi connectivity index (χ3n) is 3.94. The lowest BCUT2D eigenvalue weighted by molar-refractivity contribution is -0.143. The molecule has 0 aliphatic heterocycles. The maximum Gasteiger partial charge on any atom is 0.328 e. The number of ether oxygens (including phenoxy) is 2. The van der Waals surface area contributed by atoms with Crippen molar-refractivity contribution in [3.05, 3.63) is 41.2 Å². The lowest BCUT2D eigenvalue weighted by Crippen LogP contribution is -2.54. The highest BCUT2D eigenvalue weighted by Crippen LogP contribution is 2.30. The van der Waals surface area contributed by atoms with E-state index in [1.807, 2.05) is 0 Å². The van der Waals surface area contributed by atoms with E-state index in [4.69, 9.17) is 9.47 Å². The summed E-state index contributed by atoms with van der Waals surface area (Å²) in [6, 6.07) is 3.05. The Balaban J connectivity index is 3.23. The molecule has 8 nitrogen and oxygen atoms in total. The van der Waals surface area contributed by atoms with Gasteiger partial charge in [-0.2, -0.15) is 0 Å². The van der Waals surface area contributed by atoms with E-state index >= 15 is 0 Å². The van der Waals surface area contributed by atoms with Gasteiger partial charge in [-0.25, -0.2) is 14.0 Å². The van der Waals surface area contributed by atoms with Crippen LogP contribution in [0, 0.1) is 5.82 Å². The van der Waals surface area contributed by atoms with Crippen molar-refractivity contribution in [3.63, 3.8) is 0 Å². The Morgan fingerprint density at radius 1 is 1.41 bits per heavy atom. The average Bonchev–Trinajstić information content (AvgIpc) is 2.60. The zero-order valence-corrected chi connectivity index (χ0v) is 17.7. The molecule has 0 radical (unpaired) electrons. The molecule has 3 N–H and O–H groups in total. The monoisotopic (exact) mass is 430 g/mol. The third kappa shape index (κ3) is 7.22. The standard InChI is InChI=1S/C19H27FN2O6S/c1-11(23)10-28-16(14-8-13(20)6-7-15(14)27-5)9-22(12(2)29)18(26)21-19(3,4)17(24)25/h6-8,11,16,23,29H,2,9-10H2,1,3-5H3,(H,21,26)(H,24,25)/t11?,16-/m0/s1. The Bertz CT molecular complexity index is 756. The van der Waals surface area contributed by atoms with Gasteiger partial charge < -0.3 is 25.0 Å². The second-order valence-corrected chi connectivity index (χ2v) is 7.46. The van der Waals surface area contributed by atoms with Crippen LogP contribution in [0.15, 0.2) is 29.8 Å². The summed E-state index contributed by atoms with van der Waals surface area (Å²) in [5.41, 5.74) is -1.25. The molecule has 0 saturated heterocycles. The van der Waals surface area contributed by atoms with E-state index in [0.29, 0.717) is 11.3 Å². The SMILES string of the molecule is C=C(S)N(C[C@H](OCC(C)O)c1cc(F)ccc1OC)C(=O)NC(C)(C)C(=O)O. The highest BCUT2D eigenvalue weighted by molar-refractivity contribution is 7.84. The first-order chi connectivity index (χ1) is 13.4. The number of halogens is 1. The Labute approximate surface area is 174 Å². The van der Waals surface area contributed by atoms with Crippen LogP contribution in [0.1, 0.15) is 32.4 Å². The summed E-state index contributed by atoms with van der Waals surface area (Å²) in [4.78, 5) is 25.0. The van der Waals surface area contributed by atoms with Crippen molar-refractivity contribution >= 4 is 24.6 Å². The van der Waals surface area contributed by atoms with Crippen LogP contribution in [-0.2, 0) is 9.53 Å². The minimum atomic E-state index is -1.55. The molecular weight excluding hydrogens is 403 g/mol. The third-order valence-corrected chi connectivity index (χ3v) is 4.18. The van der Waals surface area contributed by atoms with Crippen LogP contribution in [0.4, 0.5) is 9.18 Å². The Morgan fingerprint density at radius 3 is 2.52 bits per heavy atom. The number of carbonyl (C=O) groups excluding carboxylic acids is 1. The Kier molecular flexibility index (Phi) is 8.93. The summed E-state index contributed by atoms with van der Waals surface area (Å²) in [7, 11) is 1.40. The summed E-state index contributed by atoms with van der Waals surface area (Å²) >= 11 is 4.11. The number of aliphatic carboxylic acids is 1. The number of carboxylic acids is 1. The van der Waals surface area contributed by atoms with Crippen LogP contribution in [0.3, 0.4) is 0 Å². The first kappa shape index (κ1) is 24.7. The number of carbonyl (C=O) groups is 2. The lowest BCUT2D eigenvalue weighted by atomic mass is 10.1. The smallest absolute Gasteiger partial charge is 0.328 e. The number of hydrogen-bond acceptors (Lipinski definition) is 6. The number of thiol groups is 1. The summed E-state index contributed by atoms with van der Waals surface area (Å²) < 4.78 is 24.8. The minimum absolute atomic E-state index is 0.0182. The van der Waals surface area contributed by atoms with Crippen molar-refractivity contribution in [2.24, 2.45) is 0 Å². The van der Waals surface area contributed by atoms with Crippen molar-refractivity contribution in [1.82, 2.24) is 10.2 Å². The summed E-state index contributed by atoms with van der Waals surface area (Å²) in [6.07, 6.45) is -1.73. The zero-order chi connectivity index (χ0) is 22.4. The van der Waals surface area contributed by atoms with Gasteiger partial charge in [0, 0.05) is 5.56 Å². The second-order valence-electron chi connectivity index (χ2n) is 6.94. The highest BCUT2D eigenvalue weighted by Gasteiger charge is 2.33. The van der Waals surface area contributed by atoms with Crippen molar-refractivity contribution < 1.29 is 33.7 Å². The summed E-state index contributed by atoms with van der Waals surface area (Å²) in [6.45, 7) is 7.50. The molecule has 0 fully saturated rings. The van der Waals surface area contributed by atoms with Gasteiger partial charge in [0.1, 0.15) is 23.2 Å². The van der Waals surface area contributed by atoms with Crippen molar-refractivity contribution in [3.8, 4) is 5.75 Å². The van der Waals surface area contributed by atoms with Crippen LogP contribution in [0.25, 0.3) is 0 Å². The van der Waals surface area contributed by atoms with Crippen molar-refractivity contribution in [2.45, 2.75) is 38.5 Å². The fourth-order valence-corrected chi connectivity index (χ4v) is 2.49. The van der Waals surface area contributed by atoms with Gasteiger partial charge in [-0.1, -0.05) is 6.58 Å². The van der Waals surface area contributed by atoms with E-state index in [9.17, 15) is 24.2 Å². The van der Waals surface area contributed by atoms with Gasteiger partial charge in [0.25, 0.3) is 0 Å². The number of nitrogens with zero attached hydrogens (tertiary/aromatic N) is 1. The van der Waals surface area contributed by atoms with Gasteiger partial charge in [-0.3, -0.25) is 4.90 Å². The van der Waals surface area contributed by atoms with E-state index in [1.165, 1.54) is 46.1 Å². The molecule has 1 aromatic rings. The van der Waals surface area contributed by atoms with Gasteiger partial charge in [0.15, 0.2) is 0 Å². The first-order valence-electron chi connectivity index (χ1n) is 8.73. The molecule has 10 heteroatoms. The van der Waals surface area contributed by atoms with E-state index in [-0.39, 0.29) is 18.2 Å².